The average molecular weight is 232 g/mol. The molecule has 0 unspecified atom stereocenters. The van der Waals surface area contributed by atoms with Crippen molar-refractivity contribution in [2.45, 2.75) is 77.4 Å². The van der Waals surface area contributed by atoms with E-state index in [1.165, 1.54) is 51.4 Å². The smallest absolute Gasteiger partial charge is 0.0771 e. The van der Waals surface area contributed by atoms with Gasteiger partial charge in [-0.25, -0.2) is 0 Å². The van der Waals surface area contributed by atoms with Gasteiger partial charge in [-0.1, -0.05) is 51.7 Å². The van der Waals surface area contributed by atoms with Crippen molar-refractivity contribution in [1.82, 2.24) is 0 Å². The van der Waals surface area contributed by atoms with E-state index in [4.69, 9.17) is 0 Å². The standard InChI is InChI=1S/C15H30B2/c1-13(2,3)15(16,17)12-6-10-14(11-7-12)8-4-5-9-14/h12H,4-11,16-17H2,1-3H3. The lowest BCUT2D eigenvalue weighted by molar-refractivity contribution is 0.116. The Morgan fingerprint density at radius 3 is 1.76 bits per heavy atom. The van der Waals surface area contributed by atoms with Crippen molar-refractivity contribution in [3.8, 4) is 0 Å². The first kappa shape index (κ1) is 13.6. The maximum Gasteiger partial charge on any atom is 0.100 e. The van der Waals surface area contributed by atoms with Crippen molar-refractivity contribution >= 4 is 15.7 Å². The summed E-state index contributed by atoms with van der Waals surface area (Å²) in [6.45, 7) is 7.27. The van der Waals surface area contributed by atoms with Crippen LogP contribution in [0.4, 0.5) is 0 Å². The Morgan fingerprint density at radius 1 is 0.882 bits per heavy atom. The summed E-state index contributed by atoms with van der Waals surface area (Å²) in [6, 6.07) is 0. The Kier molecular flexibility index (Phi) is 3.47. The van der Waals surface area contributed by atoms with Crippen LogP contribution in [0.3, 0.4) is 0 Å². The fourth-order valence-electron chi connectivity index (χ4n) is 4.19. The first-order valence-corrected chi connectivity index (χ1v) is 7.77. The van der Waals surface area contributed by atoms with Gasteiger partial charge in [0.05, 0.1) is 0 Å². The highest BCUT2D eigenvalue weighted by Crippen LogP contribution is 2.57. The largest absolute Gasteiger partial charge is 0.100 e. The first-order valence-electron chi connectivity index (χ1n) is 7.77. The summed E-state index contributed by atoms with van der Waals surface area (Å²) in [5, 5.41) is 0.493. The lowest BCUT2D eigenvalue weighted by atomic mass is 9.36. The molecule has 0 nitrogen and oxygen atoms in total. The molecule has 1 spiro atoms. The lowest BCUT2D eigenvalue weighted by Crippen LogP contribution is -2.40. The predicted molar refractivity (Wildman–Crippen MR) is 82.1 cm³/mol. The highest BCUT2D eigenvalue weighted by Gasteiger charge is 2.45. The molecule has 2 saturated carbocycles. The molecule has 0 aromatic rings. The van der Waals surface area contributed by atoms with Crippen molar-refractivity contribution in [3.05, 3.63) is 0 Å². The van der Waals surface area contributed by atoms with Crippen LogP contribution in [0.1, 0.15) is 72.1 Å². The molecule has 0 aliphatic heterocycles. The van der Waals surface area contributed by atoms with Gasteiger partial charge in [0.1, 0.15) is 15.7 Å². The summed E-state index contributed by atoms with van der Waals surface area (Å²) < 4.78 is 0. The normalized spacial score (nSPS) is 26.5. The molecule has 0 radical (unpaired) electrons. The minimum Gasteiger partial charge on any atom is -0.0771 e. The van der Waals surface area contributed by atoms with Gasteiger partial charge in [0.15, 0.2) is 0 Å². The Balaban J connectivity index is 1.99. The van der Waals surface area contributed by atoms with E-state index < -0.39 is 0 Å². The zero-order valence-corrected chi connectivity index (χ0v) is 12.7. The summed E-state index contributed by atoms with van der Waals surface area (Å²) in [5.74, 6) is 0.953. The first-order chi connectivity index (χ1) is 7.77. The topological polar surface area (TPSA) is 0 Å². The van der Waals surface area contributed by atoms with Crippen molar-refractivity contribution in [2.75, 3.05) is 0 Å². The monoisotopic (exact) mass is 232 g/mol. The molecule has 2 fully saturated rings. The van der Waals surface area contributed by atoms with E-state index in [1.807, 2.05) is 0 Å². The highest BCUT2D eigenvalue weighted by atomic mass is 14.5. The van der Waals surface area contributed by atoms with Crippen LogP contribution in [-0.4, -0.2) is 15.7 Å². The van der Waals surface area contributed by atoms with E-state index >= 15 is 0 Å². The molecule has 0 N–H and O–H groups in total. The molecule has 0 aromatic heterocycles. The molecule has 17 heavy (non-hydrogen) atoms. The molecule has 2 aliphatic rings. The molecule has 0 bridgehead atoms. The van der Waals surface area contributed by atoms with Crippen molar-refractivity contribution in [3.63, 3.8) is 0 Å². The maximum atomic E-state index is 2.50. The third-order valence-corrected chi connectivity index (χ3v) is 6.66. The Bertz CT molecular complexity index is 259. The zero-order chi connectivity index (χ0) is 12.7. The fourth-order valence-corrected chi connectivity index (χ4v) is 4.19. The second-order valence-electron chi connectivity index (χ2n) is 8.45. The molecule has 2 rings (SSSR count). The summed E-state index contributed by atoms with van der Waals surface area (Å²) in [6.07, 6.45) is 12.1. The van der Waals surface area contributed by atoms with Crippen LogP contribution in [-0.2, 0) is 0 Å². The number of hydrogen-bond acceptors (Lipinski definition) is 0. The van der Waals surface area contributed by atoms with Crippen LogP contribution in [0, 0.1) is 16.7 Å². The minimum absolute atomic E-state index is 0.442. The van der Waals surface area contributed by atoms with Crippen LogP contribution < -0.4 is 0 Å². The van der Waals surface area contributed by atoms with Gasteiger partial charge in [-0.05, 0) is 42.4 Å². The van der Waals surface area contributed by atoms with Crippen LogP contribution in [0.5, 0.6) is 0 Å². The number of rotatable bonds is 1. The molecule has 96 valence electrons. The van der Waals surface area contributed by atoms with Gasteiger partial charge in [0, 0.05) is 0 Å². The molecule has 0 aromatic carbocycles. The van der Waals surface area contributed by atoms with Gasteiger partial charge in [-0.2, -0.15) is 0 Å². The van der Waals surface area contributed by atoms with E-state index in [0.29, 0.717) is 10.6 Å². The van der Waals surface area contributed by atoms with E-state index in [9.17, 15) is 0 Å². The second-order valence-corrected chi connectivity index (χ2v) is 8.45. The van der Waals surface area contributed by atoms with Crippen LogP contribution in [0.25, 0.3) is 0 Å². The summed E-state index contributed by atoms with van der Waals surface area (Å²) in [5.41, 5.74) is 1.24. The van der Waals surface area contributed by atoms with Gasteiger partial charge >= 0.3 is 0 Å². The number of hydrogen-bond donors (Lipinski definition) is 0. The van der Waals surface area contributed by atoms with Gasteiger partial charge in [-0.15, -0.1) is 0 Å². The maximum absolute atomic E-state index is 2.50. The Morgan fingerprint density at radius 2 is 1.35 bits per heavy atom. The predicted octanol–water partition coefficient (Wildman–Crippen LogP) is 3.17. The molecule has 2 aliphatic carbocycles. The van der Waals surface area contributed by atoms with Gasteiger partial charge < -0.3 is 0 Å². The Hall–Kier alpha value is 0.130. The third kappa shape index (κ3) is 2.47. The van der Waals surface area contributed by atoms with Crippen LogP contribution in [0.15, 0.2) is 0 Å². The highest BCUT2D eigenvalue weighted by molar-refractivity contribution is 6.40. The van der Waals surface area contributed by atoms with Gasteiger partial charge in [-0.3, -0.25) is 0 Å². The molecule has 2 heteroatoms. The van der Waals surface area contributed by atoms with E-state index in [1.54, 1.807) is 0 Å². The molecule has 0 saturated heterocycles. The summed E-state index contributed by atoms with van der Waals surface area (Å²) in [4.78, 5) is 0. The van der Waals surface area contributed by atoms with E-state index in [2.05, 4.69) is 36.5 Å². The summed E-state index contributed by atoms with van der Waals surface area (Å²) >= 11 is 0. The quantitative estimate of drug-likeness (QED) is 0.609. The average Bonchev–Trinajstić information content (AvgIpc) is 2.65. The SMILES string of the molecule is BC(B)(C1CCC2(CCCC2)CC1)C(C)(C)C. The molecule has 0 atom stereocenters. The molecular weight excluding hydrogens is 202 g/mol. The summed E-state index contributed by atoms with van der Waals surface area (Å²) in [7, 11) is 5.01. The molecule has 0 amide bonds. The van der Waals surface area contributed by atoms with Crippen LogP contribution in [0.2, 0.25) is 5.21 Å². The van der Waals surface area contributed by atoms with Crippen molar-refractivity contribution in [1.29, 1.82) is 0 Å². The lowest BCUT2D eigenvalue weighted by Gasteiger charge is -2.50. The second kappa shape index (κ2) is 4.35. The molecular formula is C15H30B2. The van der Waals surface area contributed by atoms with Crippen LogP contribution >= 0.6 is 0 Å². The van der Waals surface area contributed by atoms with E-state index in [-0.39, 0.29) is 0 Å². The van der Waals surface area contributed by atoms with Gasteiger partial charge in [0.2, 0.25) is 0 Å². The zero-order valence-electron chi connectivity index (χ0n) is 12.7. The van der Waals surface area contributed by atoms with Gasteiger partial charge in [0.25, 0.3) is 0 Å². The van der Waals surface area contributed by atoms with Crippen molar-refractivity contribution in [2.24, 2.45) is 16.7 Å². The minimum atomic E-state index is 0.442. The molecule has 0 heterocycles. The fraction of sp³-hybridized carbons (Fsp3) is 1.00. The third-order valence-electron chi connectivity index (χ3n) is 6.66. The van der Waals surface area contributed by atoms with E-state index in [0.717, 1.165) is 11.3 Å². The van der Waals surface area contributed by atoms with Crippen molar-refractivity contribution < 1.29 is 0 Å². The Labute approximate surface area is 110 Å².